The van der Waals surface area contributed by atoms with Gasteiger partial charge in [0.15, 0.2) is 0 Å². The van der Waals surface area contributed by atoms with E-state index < -0.39 is 5.41 Å². The van der Waals surface area contributed by atoms with Crippen molar-refractivity contribution in [1.29, 1.82) is 0 Å². The summed E-state index contributed by atoms with van der Waals surface area (Å²) in [6, 6.07) is 12.3. The molecule has 1 aromatic carbocycles. The number of amides is 2. The maximum Gasteiger partial charge on any atom is 0.274 e. The van der Waals surface area contributed by atoms with Crippen LogP contribution in [0, 0.1) is 5.41 Å². The summed E-state index contributed by atoms with van der Waals surface area (Å²) in [6.45, 7) is 4.88. The van der Waals surface area contributed by atoms with Crippen molar-refractivity contribution >= 4 is 23.2 Å². The molecule has 0 saturated carbocycles. The summed E-state index contributed by atoms with van der Waals surface area (Å²) in [5.74, 6) is -0.103. The molecule has 0 aliphatic carbocycles. The van der Waals surface area contributed by atoms with E-state index in [4.69, 9.17) is 0 Å². The van der Waals surface area contributed by atoms with Gasteiger partial charge in [-0.1, -0.05) is 24.3 Å². The average Bonchev–Trinajstić information content (AvgIpc) is 3.49. The van der Waals surface area contributed by atoms with Gasteiger partial charge >= 0.3 is 0 Å². The van der Waals surface area contributed by atoms with E-state index in [1.807, 2.05) is 13.8 Å². The monoisotopic (exact) mass is 436 g/mol. The summed E-state index contributed by atoms with van der Waals surface area (Å²) in [4.78, 5) is 28.0. The standard InChI is InChI=1S/C24H28N4O2S/c1-17(2)25-23(30)24(10-12-28(16-24)22(29)21-8-11-27(3)26-21)14-18-4-6-19(7-5-18)20-9-13-31-15-20/h4-9,11,13,15,17H,10,12,14,16H2,1-3H3,(H,25,30). The molecule has 1 aliphatic rings. The Labute approximate surface area is 186 Å². The van der Waals surface area contributed by atoms with Crippen LogP contribution in [-0.2, 0) is 18.3 Å². The van der Waals surface area contributed by atoms with Gasteiger partial charge < -0.3 is 10.2 Å². The molecule has 0 bridgehead atoms. The molecule has 1 unspecified atom stereocenters. The van der Waals surface area contributed by atoms with Crippen LogP contribution in [0.1, 0.15) is 36.3 Å². The normalized spacial score (nSPS) is 18.5. The van der Waals surface area contributed by atoms with Crippen molar-refractivity contribution in [3.05, 3.63) is 64.6 Å². The molecule has 1 aliphatic heterocycles. The zero-order chi connectivity index (χ0) is 22.0. The van der Waals surface area contributed by atoms with Crippen LogP contribution in [0.4, 0.5) is 0 Å². The van der Waals surface area contributed by atoms with Crippen LogP contribution in [0.3, 0.4) is 0 Å². The Morgan fingerprint density at radius 3 is 2.55 bits per heavy atom. The fourth-order valence-corrected chi connectivity index (χ4v) is 4.86. The van der Waals surface area contributed by atoms with Crippen LogP contribution in [0.2, 0.25) is 0 Å². The van der Waals surface area contributed by atoms with Crippen LogP contribution >= 0.6 is 11.3 Å². The summed E-state index contributed by atoms with van der Waals surface area (Å²) in [5.41, 5.74) is 3.26. The third-order valence-corrected chi connectivity index (χ3v) is 6.51. The molecule has 2 amide bonds. The smallest absolute Gasteiger partial charge is 0.274 e. The average molecular weight is 437 g/mol. The number of rotatable bonds is 6. The molecule has 1 saturated heterocycles. The number of hydrogen-bond donors (Lipinski definition) is 1. The van der Waals surface area contributed by atoms with Gasteiger partial charge in [-0.2, -0.15) is 16.4 Å². The number of likely N-dealkylation sites (tertiary alicyclic amines) is 1. The van der Waals surface area contributed by atoms with Crippen molar-refractivity contribution in [3.8, 4) is 11.1 Å². The van der Waals surface area contributed by atoms with Crippen molar-refractivity contribution in [2.24, 2.45) is 12.5 Å². The van der Waals surface area contributed by atoms with Crippen LogP contribution < -0.4 is 5.32 Å². The zero-order valence-corrected chi connectivity index (χ0v) is 19.0. The maximum atomic E-state index is 13.3. The van der Waals surface area contributed by atoms with Crippen molar-refractivity contribution < 1.29 is 9.59 Å². The summed E-state index contributed by atoms with van der Waals surface area (Å²) in [7, 11) is 1.79. The molecule has 6 nitrogen and oxygen atoms in total. The maximum absolute atomic E-state index is 13.3. The second kappa shape index (κ2) is 8.67. The Balaban J connectivity index is 1.56. The number of aromatic nitrogens is 2. The predicted octanol–water partition coefficient (Wildman–Crippen LogP) is 3.75. The molecule has 3 aromatic rings. The van der Waals surface area contributed by atoms with E-state index in [0.29, 0.717) is 31.6 Å². The third kappa shape index (κ3) is 4.56. The quantitative estimate of drug-likeness (QED) is 0.640. The van der Waals surface area contributed by atoms with Crippen molar-refractivity contribution in [3.63, 3.8) is 0 Å². The van der Waals surface area contributed by atoms with Crippen LogP contribution in [0.5, 0.6) is 0 Å². The summed E-state index contributed by atoms with van der Waals surface area (Å²) in [5, 5.41) is 11.5. The number of benzene rings is 1. The highest BCUT2D eigenvalue weighted by atomic mass is 32.1. The molecule has 162 valence electrons. The Kier molecular flexibility index (Phi) is 5.96. The van der Waals surface area contributed by atoms with Crippen molar-refractivity contribution in [1.82, 2.24) is 20.0 Å². The highest BCUT2D eigenvalue weighted by molar-refractivity contribution is 7.08. The molecule has 0 radical (unpaired) electrons. The Hall–Kier alpha value is -2.93. The van der Waals surface area contributed by atoms with Crippen LogP contribution in [0.15, 0.2) is 53.4 Å². The first kappa shape index (κ1) is 21.3. The lowest BCUT2D eigenvalue weighted by molar-refractivity contribution is -0.130. The molecule has 1 atom stereocenters. The fourth-order valence-electron chi connectivity index (χ4n) is 4.20. The van der Waals surface area contributed by atoms with Gasteiger partial charge in [0.2, 0.25) is 5.91 Å². The van der Waals surface area contributed by atoms with E-state index in [0.717, 1.165) is 5.56 Å². The van der Waals surface area contributed by atoms with Gasteiger partial charge in [0.1, 0.15) is 5.69 Å². The van der Waals surface area contributed by atoms with Gasteiger partial charge in [0.05, 0.1) is 5.41 Å². The lowest BCUT2D eigenvalue weighted by atomic mass is 9.79. The number of carbonyl (C=O) groups is 2. The summed E-state index contributed by atoms with van der Waals surface area (Å²) < 4.78 is 1.62. The minimum atomic E-state index is -0.640. The highest BCUT2D eigenvalue weighted by Gasteiger charge is 2.46. The van der Waals surface area contributed by atoms with Gasteiger partial charge in [-0.25, -0.2) is 0 Å². The first-order chi connectivity index (χ1) is 14.9. The number of hydrogen-bond acceptors (Lipinski definition) is 4. The second-order valence-electron chi connectivity index (χ2n) is 8.65. The predicted molar refractivity (Wildman–Crippen MR) is 123 cm³/mol. The number of carbonyl (C=O) groups excluding carboxylic acids is 2. The second-order valence-corrected chi connectivity index (χ2v) is 9.43. The lowest BCUT2D eigenvalue weighted by Crippen LogP contribution is -2.47. The highest BCUT2D eigenvalue weighted by Crippen LogP contribution is 2.36. The molecular formula is C24H28N4O2S. The van der Waals surface area contributed by atoms with Gasteiger partial charge in [0, 0.05) is 32.4 Å². The first-order valence-corrected chi connectivity index (χ1v) is 11.5. The number of aryl methyl sites for hydroxylation is 1. The summed E-state index contributed by atoms with van der Waals surface area (Å²) in [6.07, 6.45) is 2.99. The minimum Gasteiger partial charge on any atom is -0.353 e. The molecule has 4 rings (SSSR count). The largest absolute Gasteiger partial charge is 0.353 e. The SMILES string of the molecule is CC(C)NC(=O)C1(Cc2ccc(-c3ccsc3)cc2)CCN(C(=O)c2ccn(C)n2)C1. The van der Waals surface area contributed by atoms with E-state index >= 15 is 0 Å². The van der Waals surface area contributed by atoms with E-state index in [1.165, 1.54) is 11.1 Å². The Morgan fingerprint density at radius 2 is 1.94 bits per heavy atom. The minimum absolute atomic E-state index is 0.0146. The van der Waals surface area contributed by atoms with Crippen molar-refractivity contribution in [2.45, 2.75) is 32.7 Å². The number of nitrogens with one attached hydrogen (secondary N) is 1. The molecule has 0 spiro atoms. The van der Waals surface area contributed by atoms with Gasteiger partial charge in [0.25, 0.3) is 5.91 Å². The summed E-state index contributed by atoms with van der Waals surface area (Å²) >= 11 is 1.68. The molecule has 1 fully saturated rings. The van der Waals surface area contributed by atoms with E-state index in [2.05, 4.69) is 51.5 Å². The molecule has 1 N–H and O–H groups in total. The van der Waals surface area contributed by atoms with Gasteiger partial charge in [-0.3, -0.25) is 14.3 Å². The molecule has 3 heterocycles. The Morgan fingerprint density at radius 1 is 1.16 bits per heavy atom. The molecule has 2 aromatic heterocycles. The zero-order valence-electron chi connectivity index (χ0n) is 18.2. The van der Waals surface area contributed by atoms with E-state index in [1.54, 1.807) is 40.2 Å². The van der Waals surface area contributed by atoms with Gasteiger partial charge in [-0.05, 0) is 66.3 Å². The van der Waals surface area contributed by atoms with E-state index in [9.17, 15) is 9.59 Å². The number of thiophene rings is 1. The van der Waals surface area contributed by atoms with Crippen LogP contribution in [0.25, 0.3) is 11.1 Å². The topological polar surface area (TPSA) is 67.2 Å². The molecular weight excluding hydrogens is 408 g/mol. The molecule has 7 heteroatoms. The first-order valence-electron chi connectivity index (χ1n) is 10.6. The molecule has 31 heavy (non-hydrogen) atoms. The van der Waals surface area contributed by atoms with E-state index in [-0.39, 0.29) is 17.9 Å². The third-order valence-electron chi connectivity index (χ3n) is 5.83. The lowest BCUT2D eigenvalue weighted by Gasteiger charge is -2.29. The van der Waals surface area contributed by atoms with Crippen LogP contribution in [-0.4, -0.2) is 45.6 Å². The number of nitrogens with zero attached hydrogens (tertiary/aromatic N) is 3. The Bertz CT molecular complexity index is 1060. The fraction of sp³-hybridized carbons (Fsp3) is 0.375. The van der Waals surface area contributed by atoms with Gasteiger partial charge in [-0.15, -0.1) is 0 Å². The van der Waals surface area contributed by atoms with Crippen molar-refractivity contribution in [2.75, 3.05) is 13.1 Å².